The number of halogens is 1. The molecule has 0 unspecified atom stereocenters. The number of nitrogens with one attached hydrogen (secondary N) is 1. The molecule has 0 saturated carbocycles. The van der Waals surface area contributed by atoms with Gasteiger partial charge in [0.15, 0.2) is 5.82 Å². The molecule has 0 atom stereocenters. The third-order valence-electron chi connectivity index (χ3n) is 2.42. The quantitative estimate of drug-likeness (QED) is 0.836. The summed E-state index contributed by atoms with van der Waals surface area (Å²) in [5.74, 6) is 2.50. The molecular formula is C12H16IN5. The van der Waals surface area contributed by atoms with E-state index < -0.39 is 0 Å². The number of rotatable bonds is 5. The van der Waals surface area contributed by atoms with E-state index in [0.29, 0.717) is 0 Å². The van der Waals surface area contributed by atoms with Crippen LogP contribution in [-0.2, 0) is 6.42 Å². The van der Waals surface area contributed by atoms with Gasteiger partial charge in [0.1, 0.15) is 11.6 Å². The van der Waals surface area contributed by atoms with E-state index in [1.807, 2.05) is 18.5 Å². The molecule has 2 aromatic heterocycles. The van der Waals surface area contributed by atoms with Gasteiger partial charge in [-0.15, -0.1) is 0 Å². The predicted molar refractivity (Wildman–Crippen MR) is 80.0 cm³/mol. The molecule has 2 heterocycles. The maximum absolute atomic E-state index is 4.49. The van der Waals surface area contributed by atoms with Crippen molar-refractivity contribution in [3.8, 4) is 5.82 Å². The lowest BCUT2D eigenvalue weighted by molar-refractivity contribution is 0.811. The second-order valence-electron chi connectivity index (χ2n) is 3.91. The molecule has 96 valence electrons. The van der Waals surface area contributed by atoms with Crippen molar-refractivity contribution >= 4 is 28.4 Å². The molecule has 0 aliphatic rings. The summed E-state index contributed by atoms with van der Waals surface area (Å²) in [7, 11) is 0. The first-order valence-electron chi connectivity index (χ1n) is 6.05. The zero-order valence-corrected chi connectivity index (χ0v) is 12.7. The Balaban J connectivity index is 2.34. The van der Waals surface area contributed by atoms with Crippen molar-refractivity contribution in [3.05, 3.63) is 27.9 Å². The van der Waals surface area contributed by atoms with Crippen LogP contribution in [0.25, 0.3) is 5.82 Å². The van der Waals surface area contributed by atoms with Crippen LogP contribution >= 0.6 is 22.6 Å². The van der Waals surface area contributed by atoms with Crippen molar-refractivity contribution in [2.24, 2.45) is 0 Å². The fourth-order valence-corrected chi connectivity index (χ4v) is 1.92. The van der Waals surface area contributed by atoms with Crippen LogP contribution < -0.4 is 5.32 Å². The SMILES string of the molecule is CCCNc1cc(-n2cc(I)cn2)nc(CC)n1. The minimum atomic E-state index is 0.809. The van der Waals surface area contributed by atoms with Gasteiger partial charge in [0.25, 0.3) is 0 Å². The van der Waals surface area contributed by atoms with Gasteiger partial charge in [-0.3, -0.25) is 0 Å². The van der Waals surface area contributed by atoms with Crippen LogP contribution in [0.4, 0.5) is 5.82 Å². The van der Waals surface area contributed by atoms with Gasteiger partial charge in [0, 0.05) is 25.2 Å². The zero-order chi connectivity index (χ0) is 13.0. The van der Waals surface area contributed by atoms with Crippen molar-refractivity contribution < 1.29 is 0 Å². The fraction of sp³-hybridized carbons (Fsp3) is 0.417. The van der Waals surface area contributed by atoms with Crippen molar-refractivity contribution in [2.45, 2.75) is 26.7 Å². The van der Waals surface area contributed by atoms with E-state index in [-0.39, 0.29) is 0 Å². The van der Waals surface area contributed by atoms with Crippen molar-refractivity contribution in [1.29, 1.82) is 0 Å². The van der Waals surface area contributed by atoms with E-state index in [1.54, 1.807) is 4.68 Å². The number of hydrogen-bond donors (Lipinski definition) is 1. The third-order valence-corrected chi connectivity index (χ3v) is 2.97. The molecule has 0 aliphatic heterocycles. The molecule has 0 bridgehead atoms. The minimum absolute atomic E-state index is 0.809. The van der Waals surface area contributed by atoms with Crippen LogP contribution in [0.15, 0.2) is 18.5 Å². The fourth-order valence-electron chi connectivity index (χ4n) is 1.53. The van der Waals surface area contributed by atoms with Gasteiger partial charge < -0.3 is 5.32 Å². The maximum atomic E-state index is 4.49. The Labute approximate surface area is 120 Å². The zero-order valence-electron chi connectivity index (χ0n) is 10.5. The average molecular weight is 357 g/mol. The molecule has 0 aliphatic carbocycles. The monoisotopic (exact) mass is 357 g/mol. The minimum Gasteiger partial charge on any atom is -0.370 e. The first-order chi connectivity index (χ1) is 8.72. The molecule has 2 aromatic rings. The van der Waals surface area contributed by atoms with E-state index >= 15 is 0 Å². The number of nitrogens with zero attached hydrogens (tertiary/aromatic N) is 4. The van der Waals surface area contributed by atoms with Crippen LogP contribution in [0.3, 0.4) is 0 Å². The second-order valence-corrected chi connectivity index (χ2v) is 5.16. The molecule has 18 heavy (non-hydrogen) atoms. The van der Waals surface area contributed by atoms with Gasteiger partial charge in [-0.2, -0.15) is 5.10 Å². The van der Waals surface area contributed by atoms with Crippen molar-refractivity contribution in [3.63, 3.8) is 0 Å². The smallest absolute Gasteiger partial charge is 0.159 e. The van der Waals surface area contributed by atoms with E-state index in [1.165, 1.54) is 0 Å². The lowest BCUT2D eigenvalue weighted by Gasteiger charge is -2.08. The highest BCUT2D eigenvalue weighted by atomic mass is 127. The summed E-state index contributed by atoms with van der Waals surface area (Å²) in [5.41, 5.74) is 0. The summed E-state index contributed by atoms with van der Waals surface area (Å²) in [6.07, 6.45) is 5.65. The van der Waals surface area contributed by atoms with E-state index in [0.717, 1.165) is 40.4 Å². The topological polar surface area (TPSA) is 55.6 Å². The first-order valence-corrected chi connectivity index (χ1v) is 7.13. The number of hydrogen-bond acceptors (Lipinski definition) is 4. The maximum Gasteiger partial charge on any atom is 0.159 e. The number of aryl methyl sites for hydroxylation is 1. The Hall–Kier alpha value is -1.18. The molecule has 6 heteroatoms. The summed E-state index contributed by atoms with van der Waals surface area (Å²) < 4.78 is 2.87. The van der Waals surface area contributed by atoms with Crippen LogP contribution in [-0.4, -0.2) is 26.3 Å². The van der Waals surface area contributed by atoms with Crippen LogP contribution in [0, 0.1) is 3.57 Å². The number of anilines is 1. The highest BCUT2D eigenvalue weighted by Crippen LogP contribution is 2.13. The first kappa shape index (κ1) is 13.3. The summed E-state index contributed by atoms with van der Waals surface area (Å²) >= 11 is 2.23. The Kier molecular flexibility index (Phi) is 4.51. The molecule has 1 N–H and O–H groups in total. The standard InChI is InChI=1S/C12H16IN5/c1-3-5-14-11-6-12(17-10(4-2)16-11)18-8-9(13)7-15-18/h6-8H,3-5H2,1-2H3,(H,14,16,17). The molecule has 2 rings (SSSR count). The Morgan fingerprint density at radius 1 is 1.33 bits per heavy atom. The molecule has 0 aromatic carbocycles. The highest BCUT2D eigenvalue weighted by Gasteiger charge is 2.06. The molecular weight excluding hydrogens is 341 g/mol. The van der Waals surface area contributed by atoms with Gasteiger partial charge in [-0.1, -0.05) is 13.8 Å². The largest absolute Gasteiger partial charge is 0.370 e. The summed E-state index contributed by atoms with van der Waals surface area (Å²) in [4.78, 5) is 8.95. The summed E-state index contributed by atoms with van der Waals surface area (Å²) in [6, 6.07) is 1.93. The molecule has 0 fully saturated rings. The van der Waals surface area contributed by atoms with Crippen molar-refractivity contribution in [1.82, 2.24) is 19.7 Å². The van der Waals surface area contributed by atoms with Crippen LogP contribution in [0.5, 0.6) is 0 Å². The van der Waals surface area contributed by atoms with E-state index in [9.17, 15) is 0 Å². The average Bonchev–Trinajstić information content (AvgIpc) is 2.82. The van der Waals surface area contributed by atoms with Crippen LogP contribution in [0.1, 0.15) is 26.1 Å². The molecule has 0 saturated heterocycles. The van der Waals surface area contributed by atoms with Gasteiger partial charge in [-0.25, -0.2) is 14.6 Å². The van der Waals surface area contributed by atoms with Gasteiger partial charge >= 0.3 is 0 Å². The lowest BCUT2D eigenvalue weighted by atomic mass is 10.4. The van der Waals surface area contributed by atoms with Gasteiger partial charge in [0.2, 0.25) is 0 Å². The number of aromatic nitrogens is 4. The Bertz CT molecular complexity index is 523. The molecule has 0 spiro atoms. The second kappa shape index (κ2) is 6.12. The summed E-state index contributed by atoms with van der Waals surface area (Å²) in [5, 5.41) is 7.57. The van der Waals surface area contributed by atoms with Gasteiger partial charge in [0.05, 0.1) is 9.77 Å². The molecule has 0 amide bonds. The predicted octanol–water partition coefficient (Wildman–Crippen LogP) is 2.65. The van der Waals surface area contributed by atoms with E-state index in [2.05, 4.69) is 56.8 Å². The Morgan fingerprint density at radius 2 is 2.17 bits per heavy atom. The Morgan fingerprint density at radius 3 is 2.78 bits per heavy atom. The normalized spacial score (nSPS) is 10.6. The van der Waals surface area contributed by atoms with Gasteiger partial charge in [-0.05, 0) is 29.0 Å². The molecule has 0 radical (unpaired) electrons. The van der Waals surface area contributed by atoms with E-state index in [4.69, 9.17) is 0 Å². The third kappa shape index (κ3) is 3.18. The van der Waals surface area contributed by atoms with Crippen LogP contribution in [0.2, 0.25) is 0 Å². The van der Waals surface area contributed by atoms with Crippen molar-refractivity contribution in [2.75, 3.05) is 11.9 Å². The molecule has 5 nitrogen and oxygen atoms in total. The highest BCUT2D eigenvalue weighted by molar-refractivity contribution is 14.1. The summed E-state index contributed by atoms with van der Waals surface area (Å²) in [6.45, 7) is 5.09. The lowest BCUT2D eigenvalue weighted by Crippen LogP contribution is -2.08.